The molecule has 2 aromatic heterocycles. The van der Waals surface area contributed by atoms with E-state index in [1.54, 1.807) is 6.20 Å². The van der Waals surface area contributed by atoms with Crippen LogP contribution in [0.25, 0.3) is 10.9 Å². The molecule has 2 aromatic rings. The second kappa shape index (κ2) is 11.3. The van der Waals surface area contributed by atoms with Crippen LogP contribution in [-0.4, -0.2) is 52.5 Å². The SMILES string of the molecule is CC(C)(C)OC(=O)NCCCCOCCNc1nc(Cl)cc2c1cnn2PI. The van der Waals surface area contributed by atoms with Crippen LogP contribution in [0.2, 0.25) is 5.15 Å². The molecule has 156 valence electrons. The van der Waals surface area contributed by atoms with Crippen LogP contribution in [0.15, 0.2) is 12.3 Å². The Kier molecular flexibility index (Phi) is 9.46. The summed E-state index contributed by atoms with van der Waals surface area (Å²) >= 11 is 8.39. The van der Waals surface area contributed by atoms with Crippen LogP contribution in [-0.2, 0) is 9.47 Å². The lowest BCUT2D eigenvalue weighted by Crippen LogP contribution is -2.33. The standard InChI is InChI=1S/C17H26ClIN5O3P/c1-17(2,3)27-16(25)21-6-4-5-8-26-9-7-20-15-12-11-22-24(28-19)13(12)10-14(18)23-15/h10-11,28H,4-9H2,1-3H3,(H,20,23)(H,21,25). The summed E-state index contributed by atoms with van der Waals surface area (Å²) in [6.07, 6.45) is 3.61. The van der Waals surface area contributed by atoms with Crippen LogP contribution in [0.3, 0.4) is 0 Å². The second-order valence-corrected chi connectivity index (χ2v) is 9.47. The van der Waals surface area contributed by atoms with Gasteiger partial charge in [-0.1, -0.05) is 11.6 Å². The summed E-state index contributed by atoms with van der Waals surface area (Å²) in [7, 11) is 0. The zero-order chi connectivity index (χ0) is 20.6. The number of rotatable bonds is 10. The molecule has 1 unspecified atom stereocenters. The molecule has 1 amide bonds. The number of halogens is 2. The van der Waals surface area contributed by atoms with Gasteiger partial charge >= 0.3 is 6.09 Å². The molecule has 0 aliphatic carbocycles. The lowest BCUT2D eigenvalue weighted by Gasteiger charge is -2.19. The van der Waals surface area contributed by atoms with Crippen molar-refractivity contribution in [2.45, 2.75) is 39.2 Å². The molecule has 0 saturated carbocycles. The maximum atomic E-state index is 11.5. The van der Waals surface area contributed by atoms with Crippen LogP contribution in [0.5, 0.6) is 0 Å². The number of ether oxygens (including phenoxy) is 2. The van der Waals surface area contributed by atoms with Gasteiger partial charge in [-0.15, -0.1) is 0 Å². The molecular formula is C17H26ClIN5O3P. The van der Waals surface area contributed by atoms with Crippen LogP contribution < -0.4 is 10.6 Å². The van der Waals surface area contributed by atoms with Gasteiger partial charge in [0.05, 0.1) is 30.1 Å². The fourth-order valence-electron chi connectivity index (χ4n) is 2.37. The average Bonchev–Trinajstić information content (AvgIpc) is 3.01. The maximum Gasteiger partial charge on any atom is 0.407 e. The molecule has 2 rings (SSSR count). The molecule has 0 spiro atoms. The highest BCUT2D eigenvalue weighted by Crippen LogP contribution is 2.32. The molecule has 28 heavy (non-hydrogen) atoms. The number of carbonyl (C=O) groups excluding carboxylic acids is 1. The molecule has 0 radical (unpaired) electrons. The molecule has 0 aromatic carbocycles. The molecule has 0 fully saturated rings. The maximum absolute atomic E-state index is 11.5. The number of hydrogen-bond donors (Lipinski definition) is 2. The number of fused-ring (bicyclic) bond motifs is 1. The zero-order valence-electron chi connectivity index (χ0n) is 16.2. The normalized spacial score (nSPS) is 12.0. The molecule has 2 N–H and O–H groups in total. The number of carbonyl (C=O) groups is 1. The summed E-state index contributed by atoms with van der Waals surface area (Å²) in [6.45, 7) is 7.90. The Morgan fingerprint density at radius 3 is 2.82 bits per heavy atom. The van der Waals surface area contributed by atoms with Gasteiger partial charge < -0.3 is 20.1 Å². The highest BCUT2D eigenvalue weighted by Gasteiger charge is 2.15. The van der Waals surface area contributed by atoms with Gasteiger partial charge in [0, 0.05) is 25.8 Å². The van der Waals surface area contributed by atoms with E-state index in [0.29, 0.717) is 43.6 Å². The van der Waals surface area contributed by atoms with Crippen molar-refractivity contribution in [3.63, 3.8) is 0 Å². The first-order valence-corrected chi connectivity index (χ1v) is 13.4. The Hall–Kier alpha value is -0.900. The Bertz CT molecular complexity index is 784. The van der Waals surface area contributed by atoms with E-state index in [-0.39, 0.29) is 6.09 Å². The van der Waals surface area contributed by atoms with E-state index in [1.807, 2.05) is 31.3 Å². The fourth-order valence-corrected chi connectivity index (χ4v) is 4.09. The van der Waals surface area contributed by atoms with Gasteiger partial charge in [-0.05, 0) is 55.7 Å². The minimum Gasteiger partial charge on any atom is -0.444 e. The van der Waals surface area contributed by atoms with Gasteiger partial charge in [0.2, 0.25) is 0 Å². The molecule has 0 aliphatic heterocycles. The fraction of sp³-hybridized carbons (Fsp3) is 0.588. The third-order valence-electron chi connectivity index (χ3n) is 3.54. The lowest BCUT2D eigenvalue weighted by molar-refractivity contribution is 0.0524. The summed E-state index contributed by atoms with van der Waals surface area (Å²) < 4.78 is 12.7. The first kappa shape index (κ1) is 23.4. The average molecular weight is 542 g/mol. The van der Waals surface area contributed by atoms with Gasteiger partial charge in [-0.25, -0.2) is 14.2 Å². The van der Waals surface area contributed by atoms with Gasteiger partial charge in [0.1, 0.15) is 16.6 Å². The van der Waals surface area contributed by atoms with E-state index in [2.05, 4.69) is 42.8 Å². The van der Waals surface area contributed by atoms with Crippen molar-refractivity contribution in [3.8, 4) is 0 Å². The Morgan fingerprint density at radius 1 is 1.32 bits per heavy atom. The highest BCUT2D eigenvalue weighted by atomic mass is 127. The molecule has 2 heterocycles. The molecule has 1 atom stereocenters. The van der Waals surface area contributed by atoms with E-state index in [4.69, 9.17) is 21.1 Å². The number of pyridine rings is 1. The number of unbranched alkanes of at least 4 members (excludes halogenated alkanes) is 1. The summed E-state index contributed by atoms with van der Waals surface area (Å²) in [6, 6.07) is 1.82. The number of nitrogens with zero attached hydrogens (tertiary/aromatic N) is 3. The number of anilines is 1. The first-order valence-electron chi connectivity index (χ1n) is 8.99. The Balaban J connectivity index is 1.61. The summed E-state index contributed by atoms with van der Waals surface area (Å²) in [5.41, 5.74) is 0.493. The minimum absolute atomic E-state index is 0.385. The van der Waals surface area contributed by atoms with Crippen molar-refractivity contribution in [1.82, 2.24) is 19.9 Å². The summed E-state index contributed by atoms with van der Waals surface area (Å²) in [5.74, 6) is 0.716. The van der Waals surface area contributed by atoms with Crippen molar-refractivity contribution in [3.05, 3.63) is 17.4 Å². The van der Waals surface area contributed by atoms with Crippen molar-refractivity contribution in [1.29, 1.82) is 0 Å². The minimum atomic E-state index is -0.473. The van der Waals surface area contributed by atoms with Gasteiger partial charge in [-0.3, -0.25) is 0 Å². The van der Waals surface area contributed by atoms with Crippen molar-refractivity contribution in [2.75, 3.05) is 31.6 Å². The lowest BCUT2D eigenvalue weighted by atomic mass is 10.2. The monoisotopic (exact) mass is 541 g/mol. The van der Waals surface area contributed by atoms with E-state index in [9.17, 15) is 4.79 Å². The quantitative estimate of drug-likeness (QED) is 0.198. The van der Waals surface area contributed by atoms with E-state index in [1.165, 1.54) is 0 Å². The highest BCUT2D eigenvalue weighted by molar-refractivity contribution is 14.2. The molecule has 0 saturated heterocycles. The molecule has 8 nitrogen and oxygen atoms in total. The largest absolute Gasteiger partial charge is 0.444 e. The van der Waals surface area contributed by atoms with Gasteiger partial charge in [0.15, 0.2) is 0 Å². The Morgan fingerprint density at radius 2 is 2.11 bits per heavy atom. The van der Waals surface area contributed by atoms with Gasteiger partial charge in [-0.2, -0.15) is 5.10 Å². The third-order valence-corrected chi connectivity index (χ3v) is 5.62. The van der Waals surface area contributed by atoms with Crippen molar-refractivity contribution in [2.24, 2.45) is 0 Å². The number of hydrogen-bond acceptors (Lipinski definition) is 6. The number of amides is 1. The van der Waals surface area contributed by atoms with Gasteiger partial charge in [0.25, 0.3) is 0 Å². The zero-order valence-corrected chi connectivity index (χ0v) is 20.1. The van der Waals surface area contributed by atoms with Crippen LogP contribution in [0, 0.1) is 0 Å². The summed E-state index contributed by atoms with van der Waals surface area (Å²) in [5, 5.41) is 11.7. The van der Waals surface area contributed by atoms with Crippen molar-refractivity contribution < 1.29 is 14.3 Å². The van der Waals surface area contributed by atoms with E-state index in [0.717, 1.165) is 23.7 Å². The summed E-state index contributed by atoms with van der Waals surface area (Å²) in [4.78, 5) is 15.9. The van der Waals surface area contributed by atoms with Crippen LogP contribution in [0.4, 0.5) is 10.6 Å². The molecule has 11 heteroatoms. The van der Waals surface area contributed by atoms with Crippen LogP contribution in [0.1, 0.15) is 33.6 Å². The molecule has 0 bridgehead atoms. The van der Waals surface area contributed by atoms with E-state index >= 15 is 0 Å². The topological polar surface area (TPSA) is 90.3 Å². The third kappa shape index (κ3) is 7.85. The first-order chi connectivity index (χ1) is 13.3. The second-order valence-electron chi connectivity index (χ2n) is 7.04. The predicted octanol–water partition coefficient (Wildman–Crippen LogP) is 4.61. The van der Waals surface area contributed by atoms with Crippen LogP contribution >= 0.6 is 40.0 Å². The molecule has 0 aliphatic rings. The number of alkyl carbamates (subject to hydrolysis) is 1. The van der Waals surface area contributed by atoms with E-state index < -0.39 is 5.60 Å². The smallest absolute Gasteiger partial charge is 0.407 e. The Labute approximate surface area is 184 Å². The predicted molar refractivity (Wildman–Crippen MR) is 123 cm³/mol. The molecular weight excluding hydrogens is 516 g/mol. The number of nitrogens with one attached hydrogen (secondary N) is 2. The number of aromatic nitrogens is 3. The van der Waals surface area contributed by atoms with Crippen molar-refractivity contribution >= 4 is 62.8 Å².